The second-order valence-corrected chi connectivity index (χ2v) is 7.49. The van der Waals surface area contributed by atoms with E-state index in [0.29, 0.717) is 16.7 Å². The van der Waals surface area contributed by atoms with Gasteiger partial charge in [-0.15, -0.1) is 0 Å². The van der Waals surface area contributed by atoms with Gasteiger partial charge in [-0.2, -0.15) is 0 Å². The highest BCUT2D eigenvalue weighted by Gasteiger charge is 2.22. The molecule has 142 valence electrons. The number of aldehydes is 1. The fourth-order valence-electron chi connectivity index (χ4n) is 3.42. The van der Waals surface area contributed by atoms with Gasteiger partial charge in [0.05, 0.1) is 0 Å². The molecule has 0 aliphatic rings. The summed E-state index contributed by atoms with van der Waals surface area (Å²) in [5, 5.41) is 0. The monoisotopic (exact) mass is 370 g/mol. The van der Waals surface area contributed by atoms with Crippen molar-refractivity contribution < 1.29 is 9.59 Å². The van der Waals surface area contributed by atoms with E-state index in [4.69, 9.17) is 0 Å². The summed E-state index contributed by atoms with van der Waals surface area (Å²) in [5.41, 5.74) is 5.52. The standard InChI is InChI=1S/C26H26O2/c1-4-26(3,5-2)24-16-14-23(15-17-24)25(28)22-12-10-21(11-13-22)20-8-6-19(18-27)7-9-20/h6-18H,4-5H2,1-3H3. The molecule has 0 aromatic heterocycles. The van der Waals surface area contributed by atoms with Crippen LogP contribution < -0.4 is 0 Å². The van der Waals surface area contributed by atoms with Gasteiger partial charge in [-0.1, -0.05) is 93.6 Å². The molecular weight excluding hydrogens is 344 g/mol. The van der Waals surface area contributed by atoms with E-state index >= 15 is 0 Å². The van der Waals surface area contributed by atoms with Crippen LogP contribution in [0.15, 0.2) is 72.8 Å². The molecule has 0 bridgehead atoms. The average Bonchev–Trinajstić information content (AvgIpc) is 2.78. The smallest absolute Gasteiger partial charge is 0.193 e. The van der Waals surface area contributed by atoms with Crippen LogP contribution in [0.2, 0.25) is 0 Å². The summed E-state index contributed by atoms with van der Waals surface area (Å²) in [6.07, 6.45) is 2.98. The number of carbonyl (C=O) groups excluding carboxylic acids is 2. The summed E-state index contributed by atoms with van der Waals surface area (Å²) in [7, 11) is 0. The molecule has 0 heterocycles. The fourth-order valence-corrected chi connectivity index (χ4v) is 3.42. The molecule has 2 heteroatoms. The Kier molecular flexibility index (Phi) is 5.89. The maximum Gasteiger partial charge on any atom is 0.193 e. The first-order chi connectivity index (χ1) is 13.5. The van der Waals surface area contributed by atoms with Crippen LogP contribution in [0, 0.1) is 0 Å². The van der Waals surface area contributed by atoms with Gasteiger partial charge < -0.3 is 0 Å². The molecular formula is C26H26O2. The van der Waals surface area contributed by atoms with Crippen LogP contribution in [0.1, 0.15) is 65.5 Å². The lowest BCUT2D eigenvalue weighted by Gasteiger charge is -2.27. The van der Waals surface area contributed by atoms with Crippen LogP contribution >= 0.6 is 0 Å². The van der Waals surface area contributed by atoms with E-state index in [1.165, 1.54) is 5.56 Å². The van der Waals surface area contributed by atoms with Gasteiger partial charge in [0.25, 0.3) is 0 Å². The molecule has 0 unspecified atom stereocenters. The lowest BCUT2D eigenvalue weighted by Crippen LogP contribution is -2.19. The maximum absolute atomic E-state index is 12.8. The van der Waals surface area contributed by atoms with Crippen LogP contribution in [-0.4, -0.2) is 12.1 Å². The third-order valence-electron chi connectivity index (χ3n) is 5.93. The Morgan fingerprint density at radius 2 is 1.18 bits per heavy atom. The Hall–Kier alpha value is -3.00. The van der Waals surface area contributed by atoms with Gasteiger partial charge in [0.15, 0.2) is 5.78 Å². The Morgan fingerprint density at radius 1 is 0.750 bits per heavy atom. The highest BCUT2D eigenvalue weighted by atomic mass is 16.1. The molecule has 0 amide bonds. The van der Waals surface area contributed by atoms with Crippen molar-refractivity contribution in [2.75, 3.05) is 0 Å². The lowest BCUT2D eigenvalue weighted by atomic mass is 9.77. The summed E-state index contributed by atoms with van der Waals surface area (Å²) in [6, 6.07) is 23.1. The van der Waals surface area contributed by atoms with Crippen molar-refractivity contribution in [1.29, 1.82) is 0 Å². The van der Waals surface area contributed by atoms with E-state index < -0.39 is 0 Å². The summed E-state index contributed by atoms with van der Waals surface area (Å²) in [4.78, 5) is 23.6. The van der Waals surface area contributed by atoms with Crippen LogP contribution in [0.3, 0.4) is 0 Å². The average molecular weight is 370 g/mol. The molecule has 28 heavy (non-hydrogen) atoms. The van der Waals surface area contributed by atoms with Crippen molar-refractivity contribution in [2.45, 2.75) is 39.0 Å². The van der Waals surface area contributed by atoms with E-state index in [1.54, 1.807) is 12.1 Å². The number of hydrogen-bond donors (Lipinski definition) is 0. The summed E-state index contributed by atoms with van der Waals surface area (Å²) < 4.78 is 0. The Balaban J connectivity index is 1.80. The summed E-state index contributed by atoms with van der Waals surface area (Å²) >= 11 is 0. The van der Waals surface area contributed by atoms with Crippen molar-refractivity contribution in [2.24, 2.45) is 0 Å². The van der Waals surface area contributed by atoms with Crippen LogP contribution in [-0.2, 0) is 5.41 Å². The molecule has 0 fully saturated rings. The summed E-state index contributed by atoms with van der Waals surface area (Å²) in [5.74, 6) is 0.0316. The number of hydrogen-bond acceptors (Lipinski definition) is 2. The number of ketones is 1. The molecule has 0 saturated carbocycles. The third-order valence-corrected chi connectivity index (χ3v) is 5.93. The number of carbonyl (C=O) groups is 2. The van der Waals surface area contributed by atoms with Gasteiger partial charge in [0, 0.05) is 16.7 Å². The summed E-state index contributed by atoms with van der Waals surface area (Å²) in [6.45, 7) is 6.68. The Labute approximate surface area is 167 Å². The van der Waals surface area contributed by atoms with E-state index in [2.05, 4.69) is 32.9 Å². The van der Waals surface area contributed by atoms with Gasteiger partial charge in [0.1, 0.15) is 6.29 Å². The zero-order chi connectivity index (χ0) is 20.1. The van der Waals surface area contributed by atoms with Crippen molar-refractivity contribution in [3.8, 4) is 11.1 Å². The molecule has 0 aliphatic heterocycles. The van der Waals surface area contributed by atoms with Crippen molar-refractivity contribution in [3.05, 3.63) is 95.1 Å². The molecule has 3 rings (SSSR count). The second-order valence-electron chi connectivity index (χ2n) is 7.49. The number of rotatable bonds is 7. The molecule has 0 aliphatic carbocycles. The molecule has 0 N–H and O–H groups in total. The van der Waals surface area contributed by atoms with Gasteiger partial charge in [-0.25, -0.2) is 0 Å². The minimum atomic E-state index is 0.0316. The minimum Gasteiger partial charge on any atom is -0.298 e. The highest BCUT2D eigenvalue weighted by molar-refractivity contribution is 6.09. The predicted octanol–water partition coefficient (Wildman–Crippen LogP) is 6.47. The van der Waals surface area contributed by atoms with Crippen LogP contribution in [0.4, 0.5) is 0 Å². The first kappa shape index (κ1) is 19.8. The van der Waals surface area contributed by atoms with Crippen LogP contribution in [0.25, 0.3) is 11.1 Å². The highest BCUT2D eigenvalue weighted by Crippen LogP contribution is 2.31. The predicted molar refractivity (Wildman–Crippen MR) is 115 cm³/mol. The SMILES string of the molecule is CCC(C)(CC)c1ccc(C(=O)c2ccc(-c3ccc(C=O)cc3)cc2)cc1. The third kappa shape index (κ3) is 3.96. The molecule has 3 aromatic rings. The zero-order valence-corrected chi connectivity index (χ0v) is 16.7. The molecule has 0 radical (unpaired) electrons. The largest absolute Gasteiger partial charge is 0.298 e. The molecule has 0 spiro atoms. The van der Waals surface area contributed by atoms with Gasteiger partial charge in [-0.05, 0) is 34.9 Å². The van der Waals surface area contributed by atoms with E-state index in [-0.39, 0.29) is 11.2 Å². The lowest BCUT2D eigenvalue weighted by molar-refractivity contribution is 0.103. The Morgan fingerprint density at radius 3 is 1.61 bits per heavy atom. The fraction of sp³-hybridized carbons (Fsp3) is 0.231. The van der Waals surface area contributed by atoms with Gasteiger partial charge >= 0.3 is 0 Å². The molecule has 0 atom stereocenters. The normalized spacial score (nSPS) is 11.2. The molecule has 2 nitrogen and oxygen atoms in total. The first-order valence-electron chi connectivity index (χ1n) is 9.81. The van der Waals surface area contributed by atoms with Crippen molar-refractivity contribution >= 4 is 12.1 Å². The minimum absolute atomic E-state index is 0.0316. The van der Waals surface area contributed by atoms with E-state index in [1.807, 2.05) is 48.5 Å². The quantitative estimate of drug-likeness (QED) is 0.352. The molecule has 3 aromatic carbocycles. The second kappa shape index (κ2) is 8.35. The van der Waals surface area contributed by atoms with Crippen molar-refractivity contribution in [3.63, 3.8) is 0 Å². The van der Waals surface area contributed by atoms with Crippen molar-refractivity contribution in [1.82, 2.24) is 0 Å². The van der Waals surface area contributed by atoms with E-state index in [0.717, 1.165) is 30.3 Å². The topological polar surface area (TPSA) is 34.1 Å². The zero-order valence-electron chi connectivity index (χ0n) is 16.7. The first-order valence-corrected chi connectivity index (χ1v) is 9.81. The number of benzene rings is 3. The molecule has 0 saturated heterocycles. The van der Waals surface area contributed by atoms with Gasteiger partial charge in [-0.3, -0.25) is 9.59 Å². The Bertz CT molecular complexity index is 945. The van der Waals surface area contributed by atoms with Gasteiger partial charge in [0.2, 0.25) is 0 Å². The van der Waals surface area contributed by atoms with E-state index in [9.17, 15) is 9.59 Å². The van der Waals surface area contributed by atoms with Crippen LogP contribution in [0.5, 0.6) is 0 Å². The maximum atomic E-state index is 12.8.